The van der Waals surface area contributed by atoms with Crippen molar-refractivity contribution in [2.45, 2.75) is 0 Å². The molecule has 17 heavy (non-hydrogen) atoms. The van der Waals surface area contributed by atoms with Crippen LogP contribution < -0.4 is 0 Å². The summed E-state index contributed by atoms with van der Waals surface area (Å²) in [5.41, 5.74) is 0. The van der Waals surface area contributed by atoms with Gasteiger partial charge in [0.1, 0.15) is 0 Å². The molecule has 0 aliphatic heterocycles. The molecule has 0 unspecified atom stereocenters. The Labute approximate surface area is 132 Å². The molecule has 7 heteroatoms. The van der Waals surface area contributed by atoms with Gasteiger partial charge in [0.15, 0.2) is 0 Å². The van der Waals surface area contributed by atoms with Gasteiger partial charge in [0.2, 0.25) is 0 Å². The third kappa shape index (κ3) is 2.19. The number of hydrogen-bond donors (Lipinski definition) is 0. The van der Waals surface area contributed by atoms with Gasteiger partial charge in [-0.05, 0) is 6.07 Å². The summed E-state index contributed by atoms with van der Waals surface area (Å²) in [7, 11) is 0. The van der Waals surface area contributed by atoms with E-state index in [1.54, 1.807) is 6.07 Å². The number of fused-ring (bicyclic) bond motifs is 1. The van der Waals surface area contributed by atoms with Gasteiger partial charge in [-0.15, -0.1) is 0 Å². The predicted octanol–water partition coefficient (Wildman–Crippen LogP) is 7.41. The Morgan fingerprint density at radius 1 is 0.529 bits per heavy atom. The molecule has 0 fully saturated rings. The predicted molar refractivity (Wildman–Crippen MR) is 79.0 cm³/mol. The summed E-state index contributed by atoms with van der Waals surface area (Å²) in [4.78, 5) is 0. The molecule has 0 aliphatic carbocycles. The van der Waals surface area contributed by atoms with E-state index in [9.17, 15) is 0 Å². The molecule has 0 atom stereocenters. The molecule has 0 saturated heterocycles. The summed E-state index contributed by atoms with van der Waals surface area (Å²) in [6, 6.07) is 1.54. The summed E-state index contributed by atoms with van der Waals surface area (Å²) in [6.07, 6.45) is 0. The molecule has 0 heterocycles. The van der Waals surface area contributed by atoms with Gasteiger partial charge < -0.3 is 0 Å². The normalized spacial score (nSPS) is 11.2. The summed E-state index contributed by atoms with van der Waals surface area (Å²) in [5.74, 6) is 0. The molecule has 2 aromatic carbocycles. The first-order chi connectivity index (χ1) is 7.86. The third-order valence-corrected chi connectivity index (χ3v) is 5.28. The maximum Gasteiger partial charge on any atom is 0.0800 e. The van der Waals surface area contributed by atoms with Gasteiger partial charge in [-0.1, -0.05) is 81.2 Å². The Balaban J connectivity index is 3.12. The Kier molecular flexibility index (Phi) is 4.17. The smallest absolute Gasteiger partial charge is 0.0800 e. The average molecular weight is 379 g/mol. The van der Waals surface area contributed by atoms with E-state index in [4.69, 9.17) is 81.2 Å². The van der Waals surface area contributed by atoms with E-state index in [-0.39, 0.29) is 35.2 Å². The van der Waals surface area contributed by atoms with Crippen molar-refractivity contribution in [2.75, 3.05) is 0 Å². The van der Waals surface area contributed by atoms with Gasteiger partial charge in [0, 0.05) is 10.8 Å². The molecule has 0 radical (unpaired) electrons. The highest BCUT2D eigenvalue weighted by Crippen LogP contribution is 2.48. The SMILES string of the molecule is Cl[13c]1[13cH][13c]2[13c](Cl)[13c](Cl)[13c](Cl)[13c](Cl)[13c]2[13c](Cl)[13c]1Cl. The number of halogens is 7. The van der Waals surface area contributed by atoms with E-state index in [0.29, 0.717) is 10.8 Å². The van der Waals surface area contributed by atoms with E-state index >= 15 is 0 Å². The van der Waals surface area contributed by atoms with Crippen LogP contribution in [0.15, 0.2) is 6.07 Å². The van der Waals surface area contributed by atoms with Gasteiger partial charge in [0.05, 0.1) is 35.2 Å². The summed E-state index contributed by atoms with van der Waals surface area (Å²) in [5, 5.41) is 2.30. The van der Waals surface area contributed by atoms with Crippen LogP contribution in [0.2, 0.25) is 35.2 Å². The Morgan fingerprint density at radius 2 is 1.00 bits per heavy atom. The largest absolute Gasteiger partial charge is 0.0826 e. The van der Waals surface area contributed by atoms with Crippen molar-refractivity contribution in [3.63, 3.8) is 0 Å². The van der Waals surface area contributed by atoms with Crippen LogP contribution in [0, 0.1) is 0 Å². The van der Waals surface area contributed by atoms with E-state index in [2.05, 4.69) is 0 Å². The molecular formula is C10HCl7. The summed E-state index contributed by atoms with van der Waals surface area (Å²) >= 11 is 41.9. The third-order valence-electron chi connectivity index (χ3n) is 2.20. The lowest BCUT2D eigenvalue weighted by Gasteiger charge is -2.11. The van der Waals surface area contributed by atoms with Crippen LogP contribution in [-0.4, -0.2) is 0 Å². The van der Waals surface area contributed by atoms with E-state index in [1.807, 2.05) is 0 Å². The summed E-state index contributed by atoms with van der Waals surface area (Å²) < 4.78 is 0. The zero-order valence-electron chi connectivity index (χ0n) is 7.72. The van der Waals surface area contributed by atoms with Gasteiger partial charge in [-0.2, -0.15) is 0 Å². The quantitative estimate of drug-likeness (QED) is 0.330. The first-order valence-electron chi connectivity index (χ1n) is 4.15. The lowest BCUT2D eigenvalue weighted by Crippen LogP contribution is -1.85. The minimum absolute atomic E-state index is 0.131. The van der Waals surface area contributed by atoms with Crippen LogP contribution in [0.1, 0.15) is 0 Å². The molecule has 0 amide bonds. The number of benzene rings is 2. The van der Waals surface area contributed by atoms with Crippen LogP contribution in [0.5, 0.6) is 0 Å². The van der Waals surface area contributed by atoms with Crippen molar-refractivity contribution < 1.29 is 0 Å². The maximum absolute atomic E-state index is 6.07. The maximum atomic E-state index is 6.07. The standard InChI is InChI=1S/C10HCl7/c11-3-1-2-4(7(14)6(3)13)8(15)10(17)9(16)5(2)12/h1H/i1+1,2+1,3+1,4+1,5+1,6+1,7+1,8+1,9+1,10+1. The fourth-order valence-electron chi connectivity index (χ4n) is 1.40. The van der Waals surface area contributed by atoms with Crippen LogP contribution in [0.25, 0.3) is 10.8 Å². The lowest BCUT2D eigenvalue weighted by atomic mass is 11.1. The summed E-state index contributed by atoms with van der Waals surface area (Å²) in [6.45, 7) is 0. The molecule has 0 aliphatic rings. The molecule has 2 rings (SSSR count). The highest BCUT2D eigenvalue weighted by molar-refractivity contribution is 6.58. The first kappa shape index (κ1) is 14.1. The van der Waals surface area contributed by atoms with Crippen LogP contribution in [0.3, 0.4) is 0 Å². The molecule has 0 aromatic heterocycles. The molecule has 0 bridgehead atoms. The zero-order valence-corrected chi connectivity index (χ0v) is 13.0. The second-order valence-corrected chi connectivity index (χ2v) is 5.84. The molecule has 90 valence electrons. The number of rotatable bonds is 0. The second kappa shape index (κ2) is 5.02. The topological polar surface area (TPSA) is 0 Å². The molecule has 2 aromatic rings. The highest BCUT2D eigenvalue weighted by Gasteiger charge is 2.20. The molecular weight excluding hydrogens is 378 g/mol. The van der Waals surface area contributed by atoms with Gasteiger partial charge in [-0.25, -0.2) is 0 Å². The highest BCUT2D eigenvalue weighted by atomic mass is 35.5. The number of hydrogen-bond acceptors (Lipinski definition) is 0. The molecule has 0 spiro atoms. The van der Waals surface area contributed by atoms with E-state index in [1.165, 1.54) is 0 Å². The molecule has 0 N–H and O–H groups in total. The van der Waals surface area contributed by atoms with Gasteiger partial charge in [-0.3, -0.25) is 0 Å². The van der Waals surface area contributed by atoms with Crippen LogP contribution in [-0.2, 0) is 0 Å². The van der Waals surface area contributed by atoms with Gasteiger partial charge >= 0.3 is 0 Å². The lowest BCUT2D eigenvalue weighted by molar-refractivity contribution is 1.73. The van der Waals surface area contributed by atoms with Crippen molar-refractivity contribution in [1.29, 1.82) is 0 Å². The van der Waals surface area contributed by atoms with Crippen molar-refractivity contribution in [3.8, 4) is 0 Å². The second-order valence-electron chi connectivity index (χ2n) is 3.16. The van der Waals surface area contributed by atoms with Crippen molar-refractivity contribution >= 4 is 92.0 Å². The Morgan fingerprint density at radius 3 is 1.59 bits per heavy atom. The van der Waals surface area contributed by atoms with Gasteiger partial charge in [0.25, 0.3) is 0 Å². The fourth-order valence-corrected chi connectivity index (χ4v) is 3.17. The van der Waals surface area contributed by atoms with Crippen LogP contribution >= 0.6 is 81.2 Å². The Bertz CT molecular complexity index is 625. The first-order valence-corrected chi connectivity index (χ1v) is 6.80. The molecule has 0 saturated carbocycles. The fraction of sp³-hybridized carbons (Fsp3) is 0. The minimum atomic E-state index is 0.131. The minimum Gasteiger partial charge on any atom is -0.0826 e. The Hall–Kier alpha value is 0.730. The van der Waals surface area contributed by atoms with Crippen molar-refractivity contribution in [2.24, 2.45) is 0 Å². The monoisotopic (exact) mass is 376 g/mol. The van der Waals surface area contributed by atoms with Crippen molar-refractivity contribution in [3.05, 3.63) is 41.2 Å². The van der Waals surface area contributed by atoms with E-state index in [0.717, 1.165) is 0 Å². The van der Waals surface area contributed by atoms with Crippen LogP contribution in [0.4, 0.5) is 0 Å². The molecule has 0 nitrogen and oxygen atoms in total. The zero-order chi connectivity index (χ0) is 12.9. The average Bonchev–Trinajstić information content (AvgIpc) is 2.30. The van der Waals surface area contributed by atoms with Crippen molar-refractivity contribution in [1.82, 2.24) is 0 Å². The van der Waals surface area contributed by atoms with E-state index < -0.39 is 0 Å².